The average Bonchev–Trinajstić information content (AvgIpc) is 2.95. The lowest BCUT2D eigenvalue weighted by molar-refractivity contribution is 0.0951. The van der Waals surface area contributed by atoms with Crippen LogP contribution in [0.2, 0.25) is 5.02 Å². The van der Waals surface area contributed by atoms with Gasteiger partial charge in [0.2, 0.25) is 0 Å². The maximum Gasteiger partial charge on any atom is 0.251 e. The molecule has 4 rings (SSSR count). The van der Waals surface area contributed by atoms with Crippen LogP contribution in [-0.2, 0) is 6.54 Å². The number of carbonyl (C=O) groups is 1. The predicted molar refractivity (Wildman–Crippen MR) is 97.8 cm³/mol. The first kappa shape index (κ1) is 16.2. The van der Waals surface area contributed by atoms with Crippen LogP contribution in [-0.4, -0.2) is 24.1 Å². The molecule has 2 aromatic carbocycles. The van der Waals surface area contributed by atoms with E-state index >= 15 is 0 Å². The fraction of sp³-hybridized carbons (Fsp3) is 0.222. The molecule has 0 atom stereocenters. The van der Waals surface area contributed by atoms with Crippen molar-refractivity contribution < 1.29 is 14.3 Å². The number of benzene rings is 2. The van der Waals surface area contributed by atoms with E-state index in [2.05, 4.69) is 10.3 Å². The van der Waals surface area contributed by atoms with Crippen molar-refractivity contribution in [3.63, 3.8) is 0 Å². The second-order valence-electron chi connectivity index (χ2n) is 5.67. The van der Waals surface area contributed by atoms with Crippen molar-refractivity contribution in [1.29, 1.82) is 0 Å². The minimum Gasteiger partial charge on any atom is -0.489 e. The number of nitrogens with one attached hydrogen (secondary N) is 1. The van der Waals surface area contributed by atoms with Crippen LogP contribution in [0.5, 0.6) is 11.5 Å². The highest BCUT2D eigenvalue weighted by Crippen LogP contribution is 2.38. The summed E-state index contributed by atoms with van der Waals surface area (Å²) in [5, 5.41) is 3.41. The highest BCUT2D eigenvalue weighted by Gasteiger charge is 2.16. The van der Waals surface area contributed by atoms with E-state index in [0.29, 0.717) is 41.8 Å². The van der Waals surface area contributed by atoms with E-state index < -0.39 is 0 Å². The Balaban J connectivity index is 1.49. The molecule has 0 saturated carbocycles. The van der Waals surface area contributed by atoms with Gasteiger partial charge in [-0.25, -0.2) is 4.98 Å². The predicted octanol–water partition coefficient (Wildman–Crippen LogP) is 4.04. The van der Waals surface area contributed by atoms with Crippen molar-refractivity contribution in [2.24, 2.45) is 0 Å². The van der Waals surface area contributed by atoms with Crippen LogP contribution in [0.3, 0.4) is 0 Å². The van der Waals surface area contributed by atoms with Gasteiger partial charge in [-0.2, -0.15) is 0 Å². The fourth-order valence-corrected chi connectivity index (χ4v) is 3.67. The number of hydrogen-bond donors (Lipinski definition) is 1. The Kier molecular flexibility index (Phi) is 4.46. The molecule has 1 N–H and O–H groups in total. The van der Waals surface area contributed by atoms with Crippen LogP contribution in [0.1, 0.15) is 22.3 Å². The molecule has 0 fully saturated rings. The van der Waals surface area contributed by atoms with Gasteiger partial charge in [0.05, 0.1) is 34.0 Å². The summed E-state index contributed by atoms with van der Waals surface area (Å²) < 4.78 is 12.3. The number of nitrogens with zero attached hydrogens (tertiary/aromatic N) is 1. The third-order valence-corrected chi connectivity index (χ3v) is 4.98. The number of halogens is 1. The Bertz CT molecular complexity index is 941. The Labute approximate surface area is 153 Å². The molecular formula is C18H15ClN2O3S. The molecule has 1 amide bonds. The van der Waals surface area contributed by atoms with E-state index in [9.17, 15) is 4.79 Å². The molecule has 1 aromatic heterocycles. The molecular weight excluding hydrogens is 360 g/mol. The first-order valence-electron chi connectivity index (χ1n) is 7.90. The van der Waals surface area contributed by atoms with Gasteiger partial charge >= 0.3 is 0 Å². The van der Waals surface area contributed by atoms with Gasteiger partial charge in [-0.3, -0.25) is 4.79 Å². The van der Waals surface area contributed by atoms with E-state index in [-0.39, 0.29) is 5.91 Å². The summed E-state index contributed by atoms with van der Waals surface area (Å²) in [4.78, 5) is 16.6. The van der Waals surface area contributed by atoms with Crippen LogP contribution in [0.15, 0.2) is 35.8 Å². The maximum absolute atomic E-state index is 12.4. The SMILES string of the molecule is O=C(NCc1cc(Cl)c2c(c1)OCCCO2)c1ccc2ncsc2c1. The number of thiazole rings is 1. The van der Waals surface area contributed by atoms with Crippen LogP contribution in [0, 0.1) is 0 Å². The van der Waals surface area contributed by atoms with E-state index in [1.807, 2.05) is 18.2 Å². The van der Waals surface area contributed by atoms with Crippen molar-refractivity contribution in [1.82, 2.24) is 10.3 Å². The number of amides is 1. The zero-order valence-electron chi connectivity index (χ0n) is 13.3. The van der Waals surface area contributed by atoms with E-state index in [0.717, 1.165) is 22.2 Å². The summed E-state index contributed by atoms with van der Waals surface area (Å²) in [6, 6.07) is 9.13. The molecule has 0 radical (unpaired) electrons. The summed E-state index contributed by atoms with van der Waals surface area (Å²) in [5.41, 5.74) is 4.14. The Hall–Kier alpha value is -2.31. The van der Waals surface area contributed by atoms with Crippen molar-refractivity contribution in [2.75, 3.05) is 13.2 Å². The summed E-state index contributed by atoms with van der Waals surface area (Å²) in [6.45, 7) is 1.53. The third kappa shape index (κ3) is 3.41. The molecule has 128 valence electrons. The molecule has 0 bridgehead atoms. The maximum atomic E-state index is 12.4. The van der Waals surface area contributed by atoms with Crippen molar-refractivity contribution >= 4 is 39.1 Å². The highest BCUT2D eigenvalue weighted by atomic mass is 35.5. The van der Waals surface area contributed by atoms with Gasteiger partial charge in [0.1, 0.15) is 0 Å². The monoisotopic (exact) mass is 374 g/mol. The zero-order valence-corrected chi connectivity index (χ0v) is 14.8. The highest BCUT2D eigenvalue weighted by molar-refractivity contribution is 7.16. The standard InChI is InChI=1S/C18H15ClN2O3S/c19-13-6-11(7-15-17(13)24-5-1-4-23-15)9-20-18(22)12-2-3-14-16(8-12)25-10-21-14/h2-3,6-8,10H,1,4-5,9H2,(H,20,22). The second-order valence-corrected chi connectivity index (χ2v) is 6.97. The average molecular weight is 375 g/mol. The molecule has 25 heavy (non-hydrogen) atoms. The van der Waals surface area contributed by atoms with Crippen molar-refractivity contribution in [3.8, 4) is 11.5 Å². The Morgan fingerprint density at radius 2 is 2.12 bits per heavy atom. The van der Waals surface area contributed by atoms with Gasteiger partial charge in [0, 0.05) is 18.5 Å². The molecule has 3 aromatic rings. The minimum absolute atomic E-state index is 0.140. The van der Waals surface area contributed by atoms with E-state index in [1.165, 1.54) is 11.3 Å². The molecule has 1 aliphatic heterocycles. The minimum atomic E-state index is -0.140. The Morgan fingerprint density at radius 1 is 1.24 bits per heavy atom. The normalized spacial score (nSPS) is 13.5. The molecule has 0 unspecified atom stereocenters. The lowest BCUT2D eigenvalue weighted by atomic mass is 10.1. The van der Waals surface area contributed by atoms with Crippen LogP contribution >= 0.6 is 22.9 Å². The zero-order chi connectivity index (χ0) is 17.2. The third-order valence-electron chi connectivity index (χ3n) is 3.91. The van der Waals surface area contributed by atoms with Gasteiger partial charge in [0.15, 0.2) is 11.5 Å². The number of ether oxygens (including phenoxy) is 2. The second kappa shape index (κ2) is 6.90. The van der Waals surface area contributed by atoms with Gasteiger partial charge in [-0.1, -0.05) is 11.6 Å². The number of fused-ring (bicyclic) bond motifs is 2. The van der Waals surface area contributed by atoms with Gasteiger partial charge in [0.25, 0.3) is 5.91 Å². The lowest BCUT2D eigenvalue weighted by Gasteiger charge is -2.12. The molecule has 2 heterocycles. The largest absolute Gasteiger partial charge is 0.489 e. The van der Waals surface area contributed by atoms with E-state index in [1.54, 1.807) is 17.6 Å². The molecule has 5 nitrogen and oxygen atoms in total. The van der Waals surface area contributed by atoms with Crippen molar-refractivity contribution in [2.45, 2.75) is 13.0 Å². The molecule has 1 aliphatic rings. The van der Waals surface area contributed by atoms with Crippen molar-refractivity contribution in [3.05, 3.63) is 52.0 Å². The van der Waals surface area contributed by atoms with Crippen LogP contribution in [0.4, 0.5) is 0 Å². The smallest absolute Gasteiger partial charge is 0.251 e. The summed E-state index contributed by atoms with van der Waals surface area (Å²) in [6.07, 6.45) is 0.817. The molecule has 0 aliphatic carbocycles. The summed E-state index contributed by atoms with van der Waals surface area (Å²) >= 11 is 7.80. The summed E-state index contributed by atoms with van der Waals surface area (Å²) in [7, 11) is 0. The molecule has 0 spiro atoms. The van der Waals surface area contributed by atoms with Gasteiger partial charge in [-0.05, 0) is 35.9 Å². The first-order valence-corrected chi connectivity index (χ1v) is 9.16. The number of carbonyl (C=O) groups excluding carboxylic acids is 1. The van der Waals surface area contributed by atoms with E-state index in [4.69, 9.17) is 21.1 Å². The van der Waals surface area contributed by atoms with Crippen LogP contribution < -0.4 is 14.8 Å². The first-order chi connectivity index (χ1) is 12.2. The summed E-state index contributed by atoms with van der Waals surface area (Å²) in [5.74, 6) is 1.06. The van der Waals surface area contributed by atoms with Gasteiger partial charge in [-0.15, -0.1) is 11.3 Å². The topological polar surface area (TPSA) is 60.5 Å². The van der Waals surface area contributed by atoms with Gasteiger partial charge < -0.3 is 14.8 Å². The molecule has 0 saturated heterocycles. The number of rotatable bonds is 3. The quantitative estimate of drug-likeness (QED) is 0.751. The number of hydrogen-bond acceptors (Lipinski definition) is 5. The lowest BCUT2D eigenvalue weighted by Crippen LogP contribution is -2.22. The number of aromatic nitrogens is 1. The fourth-order valence-electron chi connectivity index (χ4n) is 2.67. The van der Waals surface area contributed by atoms with Crippen LogP contribution in [0.25, 0.3) is 10.2 Å². The molecule has 7 heteroatoms. The Morgan fingerprint density at radius 3 is 3.04 bits per heavy atom.